The maximum atomic E-state index is 12.3. The molecule has 1 heterocycles. The first-order chi connectivity index (χ1) is 10.4. The van der Waals surface area contributed by atoms with Gasteiger partial charge >= 0.3 is 6.03 Å². The van der Waals surface area contributed by atoms with E-state index in [1.807, 2.05) is 19.0 Å². The van der Waals surface area contributed by atoms with E-state index in [-0.39, 0.29) is 30.3 Å². The van der Waals surface area contributed by atoms with Gasteiger partial charge in [-0.25, -0.2) is 13.2 Å². The second-order valence-electron chi connectivity index (χ2n) is 5.58. The van der Waals surface area contributed by atoms with E-state index in [0.717, 1.165) is 0 Å². The minimum absolute atomic E-state index is 0.0401. The number of carbonyl (C=O) groups excluding carboxylic acids is 1. The minimum atomic E-state index is -3.03. The van der Waals surface area contributed by atoms with Crippen LogP contribution in [0.2, 0.25) is 0 Å². The third kappa shape index (κ3) is 6.91. The van der Waals surface area contributed by atoms with Crippen LogP contribution in [0.1, 0.15) is 6.42 Å². The van der Waals surface area contributed by atoms with Crippen molar-refractivity contribution in [2.45, 2.75) is 12.5 Å². The Morgan fingerprint density at radius 1 is 1.27 bits per heavy atom. The number of amides is 2. The van der Waals surface area contributed by atoms with Crippen LogP contribution in [0, 0.1) is 0 Å². The Labute approximate surface area is 132 Å². The van der Waals surface area contributed by atoms with Gasteiger partial charge in [-0.1, -0.05) is 0 Å². The average molecular weight is 337 g/mol. The van der Waals surface area contributed by atoms with E-state index in [9.17, 15) is 13.2 Å². The number of sulfone groups is 1. The summed E-state index contributed by atoms with van der Waals surface area (Å²) >= 11 is 0. The molecular formula is C13H27N3O5S. The number of hydrogen-bond acceptors (Lipinski definition) is 6. The van der Waals surface area contributed by atoms with Crippen LogP contribution in [-0.2, 0) is 19.3 Å². The van der Waals surface area contributed by atoms with E-state index in [1.165, 1.54) is 0 Å². The van der Waals surface area contributed by atoms with E-state index in [2.05, 4.69) is 5.32 Å². The van der Waals surface area contributed by atoms with Gasteiger partial charge in [-0.15, -0.1) is 0 Å². The quantitative estimate of drug-likeness (QED) is 0.445. The van der Waals surface area contributed by atoms with Crippen LogP contribution < -0.4 is 5.32 Å². The Morgan fingerprint density at radius 2 is 2.00 bits per heavy atom. The highest BCUT2D eigenvalue weighted by atomic mass is 32.2. The zero-order valence-corrected chi connectivity index (χ0v) is 14.4. The van der Waals surface area contributed by atoms with Crippen molar-refractivity contribution in [2.24, 2.45) is 0 Å². The monoisotopic (exact) mass is 337 g/mol. The number of methoxy groups -OCH3 is 1. The molecule has 0 aliphatic carbocycles. The van der Waals surface area contributed by atoms with Gasteiger partial charge in [-0.05, 0) is 20.5 Å². The summed E-state index contributed by atoms with van der Waals surface area (Å²) in [6.07, 6.45) is 0.494. The number of carbonyl (C=O) groups is 1. The van der Waals surface area contributed by atoms with E-state index >= 15 is 0 Å². The Hall–Kier alpha value is -0.900. The van der Waals surface area contributed by atoms with Crippen molar-refractivity contribution in [1.82, 2.24) is 15.1 Å². The van der Waals surface area contributed by atoms with Gasteiger partial charge in [0.1, 0.15) is 6.73 Å². The molecule has 1 atom stereocenters. The summed E-state index contributed by atoms with van der Waals surface area (Å²) in [6, 6.07) is -0.551. The molecular weight excluding hydrogens is 310 g/mol. The van der Waals surface area contributed by atoms with Crippen molar-refractivity contribution in [3.05, 3.63) is 0 Å². The summed E-state index contributed by atoms with van der Waals surface area (Å²) in [6.45, 7) is 2.10. The molecule has 1 aliphatic rings. The van der Waals surface area contributed by atoms with Gasteiger partial charge in [0.15, 0.2) is 9.84 Å². The maximum Gasteiger partial charge on any atom is 0.319 e. The molecule has 0 radical (unpaired) electrons. The van der Waals surface area contributed by atoms with E-state index in [4.69, 9.17) is 9.47 Å². The van der Waals surface area contributed by atoms with Gasteiger partial charge in [-0.3, -0.25) is 0 Å². The molecule has 0 bridgehead atoms. The zero-order chi connectivity index (χ0) is 16.6. The molecule has 1 rings (SSSR count). The molecule has 2 amide bonds. The summed E-state index contributed by atoms with van der Waals surface area (Å²) in [5.74, 6) is 0.187. The van der Waals surface area contributed by atoms with Crippen LogP contribution in [0.4, 0.5) is 4.79 Å². The zero-order valence-electron chi connectivity index (χ0n) is 13.6. The van der Waals surface area contributed by atoms with Crippen LogP contribution in [0.25, 0.3) is 0 Å². The molecule has 1 unspecified atom stereocenters. The van der Waals surface area contributed by atoms with Gasteiger partial charge in [0.05, 0.1) is 24.7 Å². The first-order valence-electron chi connectivity index (χ1n) is 7.32. The standard InChI is InChI=1S/C13H27N3O5S/c1-15(2)5-6-16(12-4-9-22(18,19)10-12)13(17)14-11-21-8-7-20-3/h12H,4-11H2,1-3H3,(H,14,17). The highest BCUT2D eigenvalue weighted by Crippen LogP contribution is 2.17. The van der Waals surface area contributed by atoms with Gasteiger partial charge in [0, 0.05) is 26.2 Å². The number of urea groups is 1. The Balaban J connectivity index is 2.51. The molecule has 0 saturated carbocycles. The Morgan fingerprint density at radius 3 is 2.55 bits per heavy atom. The summed E-state index contributed by atoms with van der Waals surface area (Å²) < 4.78 is 33.3. The molecule has 130 valence electrons. The van der Waals surface area contributed by atoms with Crippen molar-refractivity contribution in [3.8, 4) is 0 Å². The Kier molecular flexibility index (Phi) is 8.08. The second kappa shape index (κ2) is 9.29. The molecule has 1 N–H and O–H groups in total. The van der Waals surface area contributed by atoms with Gasteiger partial charge in [0.25, 0.3) is 0 Å². The minimum Gasteiger partial charge on any atom is -0.382 e. The number of rotatable bonds is 9. The Bertz CT molecular complexity index is 441. The van der Waals surface area contributed by atoms with Crippen LogP contribution in [-0.4, -0.2) is 96.0 Å². The molecule has 0 aromatic carbocycles. The molecule has 22 heavy (non-hydrogen) atoms. The van der Waals surface area contributed by atoms with Crippen LogP contribution in [0.5, 0.6) is 0 Å². The summed E-state index contributed by atoms with van der Waals surface area (Å²) in [7, 11) is 2.37. The SMILES string of the molecule is COCCOCNC(=O)N(CCN(C)C)C1CCS(=O)(=O)C1. The molecule has 8 nitrogen and oxygen atoms in total. The van der Waals surface area contributed by atoms with E-state index < -0.39 is 9.84 Å². The van der Waals surface area contributed by atoms with E-state index in [1.54, 1.807) is 12.0 Å². The van der Waals surface area contributed by atoms with Crippen LogP contribution in [0.3, 0.4) is 0 Å². The summed E-state index contributed by atoms with van der Waals surface area (Å²) in [5, 5.41) is 2.67. The fourth-order valence-electron chi connectivity index (χ4n) is 2.21. The smallest absolute Gasteiger partial charge is 0.319 e. The number of ether oxygens (including phenoxy) is 2. The number of hydrogen-bond donors (Lipinski definition) is 1. The number of likely N-dealkylation sites (N-methyl/N-ethyl adjacent to an activating group) is 1. The van der Waals surface area contributed by atoms with Crippen LogP contribution in [0.15, 0.2) is 0 Å². The lowest BCUT2D eigenvalue weighted by molar-refractivity contribution is 0.0605. The van der Waals surface area contributed by atoms with Crippen molar-refractivity contribution >= 4 is 15.9 Å². The van der Waals surface area contributed by atoms with Crippen molar-refractivity contribution in [2.75, 3.05) is 65.7 Å². The molecule has 0 aromatic heterocycles. The van der Waals surface area contributed by atoms with Gasteiger partial charge < -0.3 is 24.6 Å². The number of nitrogens with one attached hydrogen (secondary N) is 1. The predicted molar refractivity (Wildman–Crippen MR) is 83.5 cm³/mol. The van der Waals surface area contributed by atoms with Crippen LogP contribution >= 0.6 is 0 Å². The van der Waals surface area contributed by atoms with E-state index in [0.29, 0.717) is 32.7 Å². The van der Waals surface area contributed by atoms with Crippen molar-refractivity contribution < 1.29 is 22.7 Å². The molecule has 1 aliphatic heterocycles. The third-order valence-electron chi connectivity index (χ3n) is 3.46. The maximum absolute atomic E-state index is 12.3. The highest BCUT2D eigenvalue weighted by Gasteiger charge is 2.34. The van der Waals surface area contributed by atoms with Gasteiger partial charge in [0.2, 0.25) is 0 Å². The summed E-state index contributed by atoms with van der Waals surface area (Å²) in [4.78, 5) is 15.8. The molecule has 1 fully saturated rings. The average Bonchev–Trinajstić information content (AvgIpc) is 2.78. The number of nitrogens with zero attached hydrogens (tertiary/aromatic N) is 2. The fourth-order valence-corrected chi connectivity index (χ4v) is 3.94. The normalized spacial score (nSPS) is 20.3. The predicted octanol–water partition coefficient (Wildman–Crippen LogP) is -0.633. The summed E-state index contributed by atoms with van der Waals surface area (Å²) in [5.41, 5.74) is 0. The fraction of sp³-hybridized carbons (Fsp3) is 0.923. The molecule has 9 heteroatoms. The highest BCUT2D eigenvalue weighted by molar-refractivity contribution is 7.91. The lowest BCUT2D eigenvalue weighted by Crippen LogP contribution is -2.49. The largest absolute Gasteiger partial charge is 0.382 e. The van der Waals surface area contributed by atoms with Crippen molar-refractivity contribution in [3.63, 3.8) is 0 Å². The van der Waals surface area contributed by atoms with Crippen molar-refractivity contribution in [1.29, 1.82) is 0 Å². The van der Waals surface area contributed by atoms with Gasteiger partial charge in [-0.2, -0.15) is 0 Å². The molecule has 1 saturated heterocycles. The molecule has 0 spiro atoms. The topological polar surface area (TPSA) is 88.2 Å². The molecule has 0 aromatic rings. The lowest BCUT2D eigenvalue weighted by atomic mass is 10.2. The first-order valence-corrected chi connectivity index (χ1v) is 9.14. The third-order valence-corrected chi connectivity index (χ3v) is 5.21. The lowest BCUT2D eigenvalue weighted by Gasteiger charge is -2.29. The second-order valence-corrected chi connectivity index (χ2v) is 7.81. The first kappa shape index (κ1) is 19.1.